The topological polar surface area (TPSA) is 48.1 Å². The lowest BCUT2D eigenvalue weighted by atomic mass is 10.3. The fourth-order valence-electron chi connectivity index (χ4n) is 1.27. The summed E-state index contributed by atoms with van der Waals surface area (Å²) < 4.78 is 19.1. The Morgan fingerprint density at radius 3 is 2.78 bits per heavy atom. The minimum Gasteiger partial charge on any atom is -0.439 e. The van der Waals surface area contributed by atoms with Crippen molar-refractivity contribution in [1.29, 1.82) is 0 Å². The van der Waals surface area contributed by atoms with Crippen molar-refractivity contribution in [2.24, 2.45) is 5.73 Å². The number of rotatable bonds is 3. The highest BCUT2D eigenvalue weighted by molar-refractivity contribution is 9.10. The van der Waals surface area contributed by atoms with Crippen LogP contribution in [0.25, 0.3) is 0 Å². The summed E-state index contributed by atoms with van der Waals surface area (Å²) in [5, 5.41) is 0. The standard InChI is InChI=1S/C12H8BrFN2OS/c13-8-5-4-7(6-9(8)14)17-11-3-1-2-10(16-11)12(15)18/h1-6H,(H2,15,18). The van der Waals surface area contributed by atoms with Crippen LogP contribution in [0.4, 0.5) is 4.39 Å². The Balaban J connectivity index is 2.25. The molecule has 0 amide bonds. The van der Waals surface area contributed by atoms with E-state index < -0.39 is 5.82 Å². The number of aromatic nitrogens is 1. The molecule has 1 aromatic heterocycles. The Morgan fingerprint density at radius 1 is 1.33 bits per heavy atom. The van der Waals surface area contributed by atoms with Crippen molar-refractivity contribution >= 4 is 33.1 Å². The van der Waals surface area contributed by atoms with E-state index in [0.29, 0.717) is 21.8 Å². The molecule has 0 saturated carbocycles. The molecule has 0 bridgehead atoms. The van der Waals surface area contributed by atoms with E-state index >= 15 is 0 Å². The number of nitrogens with two attached hydrogens (primary N) is 1. The van der Waals surface area contributed by atoms with E-state index in [0.717, 1.165) is 0 Å². The van der Waals surface area contributed by atoms with Crippen LogP contribution in [-0.4, -0.2) is 9.97 Å². The Kier molecular flexibility index (Phi) is 3.88. The van der Waals surface area contributed by atoms with Crippen molar-refractivity contribution < 1.29 is 9.13 Å². The Hall–Kier alpha value is -1.53. The van der Waals surface area contributed by atoms with Gasteiger partial charge in [-0.2, -0.15) is 0 Å². The molecule has 2 N–H and O–H groups in total. The Morgan fingerprint density at radius 2 is 2.11 bits per heavy atom. The third kappa shape index (κ3) is 3.02. The molecule has 0 aliphatic carbocycles. The third-order valence-electron chi connectivity index (χ3n) is 2.09. The van der Waals surface area contributed by atoms with E-state index in [9.17, 15) is 4.39 Å². The fourth-order valence-corrected chi connectivity index (χ4v) is 1.63. The number of hydrogen-bond donors (Lipinski definition) is 1. The van der Waals surface area contributed by atoms with Gasteiger partial charge in [0.1, 0.15) is 22.2 Å². The summed E-state index contributed by atoms with van der Waals surface area (Å²) in [5.41, 5.74) is 5.93. The first-order chi connectivity index (χ1) is 8.56. The monoisotopic (exact) mass is 326 g/mol. The van der Waals surface area contributed by atoms with Gasteiger partial charge in [0.05, 0.1) is 4.47 Å². The lowest BCUT2D eigenvalue weighted by molar-refractivity contribution is 0.457. The maximum Gasteiger partial charge on any atom is 0.219 e. The van der Waals surface area contributed by atoms with E-state index in [1.165, 1.54) is 6.07 Å². The number of thiocarbonyl (C=S) groups is 1. The smallest absolute Gasteiger partial charge is 0.219 e. The van der Waals surface area contributed by atoms with Crippen molar-refractivity contribution in [3.63, 3.8) is 0 Å². The molecule has 0 fully saturated rings. The first-order valence-electron chi connectivity index (χ1n) is 4.96. The van der Waals surface area contributed by atoms with Crippen LogP contribution in [0.15, 0.2) is 40.9 Å². The summed E-state index contributed by atoms with van der Waals surface area (Å²) in [4.78, 5) is 4.28. The molecule has 0 atom stereocenters. The molecule has 0 aliphatic rings. The van der Waals surface area contributed by atoms with E-state index in [-0.39, 0.29) is 4.99 Å². The minimum atomic E-state index is -0.405. The molecule has 0 unspecified atom stereocenters. The van der Waals surface area contributed by atoms with Gasteiger partial charge in [0.25, 0.3) is 0 Å². The molecule has 92 valence electrons. The number of benzene rings is 1. The first-order valence-corrected chi connectivity index (χ1v) is 6.16. The first kappa shape index (κ1) is 12.9. The van der Waals surface area contributed by atoms with Crippen LogP contribution in [0.3, 0.4) is 0 Å². The molecule has 2 aromatic rings. The van der Waals surface area contributed by atoms with Gasteiger partial charge in [0.15, 0.2) is 0 Å². The second-order valence-electron chi connectivity index (χ2n) is 3.40. The molecule has 1 heterocycles. The average molecular weight is 327 g/mol. The Labute approximate surface area is 117 Å². The highest BCUT2D eigenvalue weighted by atomic mass is 79.9. The quantitative estimate of drug-likeness (QED) is 0.878. The maximum atomic E-state index is 13.3. The van der Waals surface area contributed by atoms with Crippen molar-refractivity contribution in [3.05, 3.63) is 52.4 Å². The fraction of sp³-hybridized carbons (Fsp3) is 0. The van der Waals surface area contributed by atoms with Gasteiger partial charge < -0.3 is 10.5 Å². The molecule has 0 aliphatic heterocycles. The summed E-state index contributed by atoms with van der Waals surface area (Å²) in [7, 11) is 0. The summed E-state index contributed by atoms with van der Waals surface area (Å²) in [5.74, 6) is 0.253. The van der Waals surface area contributed by atoms with Gasteiger partial charge in [-0.1, -0.05) is 18.3 Å². The largest absolute Gasteiger partial charge is 0.439 e. The SMILES string of the molecule is NC(=S)c1cccc(Oc2ccc(Br)c(F)c2)n1. The molecule has 3 nitrogen and oxygen atoms in total. The zero-order valence-electron chi connectivity index (χ0n) is 9.06. The molecule has 6 heteroatoms. The number of nitrogens with zero attached hydrogens (tertiary/aromatic N) is 1. The molecule has 0 spiro atoms. The van der Waals surface area contributed by atoms with Gasteiger partial charge in [0.2, 0.25) is 5.88 Å². The van der Waals surface area contributed by atoms with Crippen LogP contribution in [0.2, 0.25) is 0 Å². The second kappa shape index (κ2) is 5.41. The van der Waals surface area contributed by atoms with Crippen LogP contribution >= 0.6 is 28.1 Å². The van der Waals surface area contributed by atoms with Crippen LogP contribution in [-0.2, 0) is 0 Å². The zero-order chi connectivity index (χ0) is 13.1. The molecular formula is C12H8BrFN2OS. The molecule has 2 rings (SSSR count). The maximum absolute atomic E-state index is 13.3. The Bertz CT molecular complexity index is 606. The van der Waals surface area contributed by atoms with Crippen LogP contribution in [0.5, 0.6) is 11.6 Å². The lowest BCUT2D eigenvalue weighted by Crippen LogP contribution is -2.11. The molecular weight excluding hydrogens is 319 g/mol. The van der Waals surface area contributed by atoms with E-state index in [1.54, 1.807) is 30.3 Å². The van der Waals surface area contributed by atoms with Gasteiger partial charge >= 0.3 is 0 Å². The van der Waals surface area contributed by atoms with Crippen molar-refractivity contribution in [2.45, 2.75) is 0 Å². The highest BCUT2D eigenvalue weighted by Crippen LogP contribution is 2.24. The predicted octanol–water partition coefficient (Wildman–Crippen LogP) is 3.41. The van der Waals surface area contributed by atoms with Gasteiger partial charge in [-0.25, -0.2) is 9.37 Å². The van der Waals surface area contributed by atoms with Gasteiger partial charge in [-0.3, -0.25) is 0 Å². The van der Waals surface area contributed by atoms with Crippen molar-refractivity contribution in [2.75, 3.05) is 0 Å². The molecule has 18 heavy (non-hydrogen) atoms. The summed E-state index contributed by atoms with van der Waals surface area (Å²) in [6.45, 7) is 0. The molecule has 1 aromatic carbocycles. The van der Waals surface area contributed by atoms with E-state index in [4.69, 9.17) is 22.7 Å². The van der Waals surface area contributed by atoms with E-state index in [2.05, 4.69) is 20.9 Å². The number of halogens is 2. The zero-order valence-corrected chi connectivity index (χ0v) is 11.5. The predicted molar refractivity (Wildman–Crippen MR) is 74.3 cm³/mol. The normalized spacial score (nSPS) is 10.1. The van der Waals surface area contributed by atoms with Crippen molar-refractivity contribution in [3.8, 4) is 11.6 Å². The number of hydrogen-bond acceptors (Lipinski definition) is 3. The summed E-state index contributed by atoms with van der Waals surface area (Å²) in [6.07, 6.45) is 0. The average Bonchev–Trinajstić information content (AvgIpc) is 2.34. The third-order valence-corrected chi connectivity index (χ3v) is 2.94. The van der Waals surface area contributed by atoms with Gasteiger partial charge in [-0.15, -0.1) is 0 Å². The summed E-state index contributed by atoms with van der Waals surface area (Å²) >= 11 is 7.88. The van der Waals surface area contributed by atoms with Crippen LogP contribution in [0.1, 0.15) is 5.69 Å². The van der Waals surface area contributed by atoms with Gasteiger partial charge in [-0.05, 0) is 34.1 Å². The van der Waals surface area contributed by atoms with Gasteiger partial charge in [0, 0.05) is 12.1 Å². The number of ether oxygens (including phenoxy) is 1. The molecule has 0 radical (unpaired) electrons. The highest BCUT2D eigenvalue weighted by Gasteiger charge is 2.05. The number of pyridine rings is 1. The van der Waals surface area contributed by atoms with Crippen LogP contribution < -0.4 is 10.5 Å². The second-order valence-corrected chi connectivity index (χ2v) is 4.70. The van der Waals surface area contributed by atoms with Crippen molar-refractivity contribution in [1.82, 2.24) is 4.98 Å². The molecule has 0 saturated heterocycles. The lowest BCUT2D eigenvalue weighted by Gasteiger charge is -2.06. The van der Waals surface area contributed by atoms with E-state index in [1.807, 2.05) is 0 Å². The van der Waals surface area contributed by atoms with Crippen LogP contribution in [0, 0.1) is 5.82 Å². The summed E-state index contributed by atoms with van der Waals surface area (Å²) in [6, 6.07) is 9.48. The minimum absolute atomic E-state index is 0.183.